The summed E-state index contributed by atoms with van der Waals surface area (Å²) in [7, 11) is 1.60. The Kier molecular flexibility index (Phi) is 2.44. The molecule has 2 aliphatic heterocycles. The van der Waals surface area contributed by atoms with Crippen LogP contribution in [0.5, 0.6) is 0 Å². The lowest BCUT2D eigenvalue weighted by molar-refractivity contribution is 0.0962. The molecular weight excluding hydrogens is 218 g/mol. The van der Waals surface area contributed by atoms with Crippen LogP contribution in [0.3, 0.4) is 0 Å². The lowest BCUT2D eigenvalue weighted by atomic mass is 10.2. The Labute approximate surface area is 99.4 Å². The minimum atomic E-state index is -0.152. The van der Waals surface area contributed by atoms with Gasteiger partial charge in [-0.2, -0.15) is 0 Å². The van der Waals surface area contributed by atoms with Crippen molar-refractivity contribution < 1.29 is 4.79 Å². The van der Waals surface area contributed by atoms with Crippen LogP contribution >= 0.6 is 0 Å². The number of hydrogen-bond donors (Lipinski definition) is 2. The molecule has 0 spiro atoms. The van der Waals surface area contributed by atoms with Crippen molar-refractivity contribution in [1.82, 2.24) is 20.6 Å². The van der Waals surface area contributed by atoms with Crippen molar-refractivity contribution >= 4 is 11.9 Å². The summed E-state index contributed by atoms with van der Waals surface area (Å²) < 4.78 is 0. The quantitative estimate of drug-likeness (QED) is 0.713. The van der Waals surface area contributed by atoms with Crippen LogP contribution < -0.4 is 15.5 Å². The molecule has 2 aliphatic rings. The number of nitrogens with zero attached hydrogens (tertiary/aromatic N) is 3. The highest BCUT2D eigenvalue weighted by Crippen LogP contribution is 2.26. The number of aromatic nitrogens is 2. The molecule has 1 aromatic heterocycles. The highest BCUT2D eigenvalue weighted by molar-refractivity contribution is 5.93. The average molecular weight is 233 g/mol. The second-order valence-electron chi connectivity index (χ2n) is 4.50. The molecule has 6 heteroatoms. The van der Waals surface area contributed by atoms with Gasteiger partial charge in [0.2, 0.25) is 5.95 Å². The van der Waals surface area contributed by atoms with E-state index in [9.17, 15) is 4.79 Å². The summed E-state index contributed by atoms with van der Waals surface area (Å²) in [5, 5.41) is 5.99. The first-order valence-corrected chi connectivity index (χ1v) is 5.82. The van der Waals surface area contributed by atoms with Gasteiger partial charge in [0.15, 0.2) is 0 Å². The summed E-state index contributed by atoms with van der Waals surface area (Å²) in [5.41, 5.74) is 0.499. The fourth-order valence-electron chi connectivity index (χ4n) is 2.54. The van der Waals surface area contributed by atoms with Crippen molar-refractivity contribution in [2.75, 3.05) is 25.0 Å². The van der Waals surface area contributed by atoms with Gasteiger partial charge in [0.1, 0.15) is 0 Å². The molecular formula is C11H15N5O. The molecule has 3 heterocycles. The molecule has 2 saturated heterocycles. The Bertz CT molecular complexity index is 432. The van der Waals surface area contributed by atoms with Crippen LogP contribution in [-0.4, -0.2) is 48.1 Å². The summed E-state index contributed by atoms with van der Waals surface area (Å²) in [6.45, 7) is 1.97. The van der Waals surface area contributed by atoms with Crippen molar-refractivity contribution in [2.45, 2.75) is 18.5 Å². The van der Waals surface area contributed by atoms with Crippen LogP contribution in [0.25, 0.3) is 0 Å². The molecule has 2 atom stereocenters. The molecule has 2 fully saturated rings. The van der Waals surface area contributed by atoms with Gasteiger partial charge in [0.25, 0.3) is 5.91 Å². The lowest BCUT2D eigenvalue weighted by Crippen LogP contribution is -2.44. The number of carbonyl (C=O) groups is 1. The predicted molar refractivity (Wildman–Crippen MR) is 63.0 cm³/mol. The summed E-state index contributed by atoms with van der Waals surface area (Å²) in [4.78, 5) is 22.1. The van der Waals surface area contributed by atoms with Gasteiger partial charge in [-0.3, -0.25) is 4.79 Å². The SMILES string of the molecule is CNC(=O)c1cnc(N2C[C@H]3C[C@@H]2CN3)nc1. The maximum absolute atomic E-state index is 11.4. The van der Waals surface area contributed by atoms with Crippen LogP contribution in [0, 0.1) is 0 Å². The average Bonchev–Trinajstić information content (AvgIpc) is 3.00. The largest absolute Gasteiger partial charge is 0.355 e. The van der Waals surface area contributed by atoms with Crippen LogP contribution in [0.15, 0.2) is 12.4 Å². The summed E-state index contributed by atoms with van der Waals surface area (Å²) in [6.07, 6.45) is 4.34. The van der Waals surface area contributed by atoms with E-state index in [0.717, 1.165) is 19.0 Å². The molecule has 0 aromatic carbocycles. The van der Waals surface area contributed by atoms with Gasteiger partial charge in [-0.1, -0.05) is 0 Å². The van der Waals surface area contributed by atoms with Crippen molar-refractivity contribution in [2.24, 2.45) is 0 Å². The second-order valence-corrected chi connectivity index (χ2v) is 4.50. The molecule has 17 heavy (non-hydrogen) atoms. The first kappa shape index (κ1) is 10.5. The van der Waals surface area contributed by atoms with E-state index in [1.54, 1.807) is 19.4 Å². The second kappa shape index (κ2) is 3.96. The molecule has 2 bridgehead atoms. The number of hydrogen-bond acceptors (Lipinski definition) is 5. The molecule has 0 saturated carbocycles. The maximum Gasteiger partial charge on any atom is 0.254 e. The number of carbonyl (C=O) groups excluding carboxylic acids is 1. The van der Waals surface area contributed by atoms with Crippen molar-refractivity contribution in [3.05, 3.63) is 18.0 Å². The Morgan fingerprint density at radius 3 is 2.82 bits per heavy atom. The number of amides is 1. The molecule has 0 unspecified atom stereocenters. The Balaban J connectivity index is 1.78. The molecule has 1 amide bonds. The monoisotopic (exact) mass is 233 g/mol. The summed E-state index contributed by atoms with van der Waals surface area (Å²) >= 11 is 0. The Morgan fingerprint density at radius 2 is 2.29 bits per heavy atom. The van der Waals surface area contributed by atoms with E-state index in [0.29, 0.717) is 17.6 Å². The Hall–Kier alpha value is -1.69. The van der Waals surface area contributed by atoms with Crippen LogP contribution in [-0.2, 0) is 0 Å². The van der Waals surface area contributed by atoms with E-state index in [-0.39, 0.29) is 5.91 Å². The van der Waals surface area contributed by atoms with E-state index in [1.165, 1.54) is 6.42 Å². The van der Waals surface area contributed by atoms with Gasteiger partial charge < -0.3 is 15.5 Å². The number of piperazine rings is 1. The topological polar surface area (TPSA) is 70.2 Å². The number of nitrogens with one attached hydrogen (secondary N) is 2. The van der Waals surface area contributed by atoms with Crippen LogP contribution in [0.1, 0.15) is 16.8 Å². The molecule has 6 nitrogen and oxygen atoms in total. The third-order valence-corrected chi connectivity index (χ3v) is 3.44. The van der Waals surface area contributed by atoms with Gasteiger partial charge in [0, 0.05) is 44.6 Å². The van der Waals surface area contributed by atoms with Gasteiger partial charge in [0.05, 0.1) is 5.56 Å². The molecule has 0 aliphatic carbocycles. The highest BCUT2D eigenvalue weighted by atomic mass is 16.1. The molecule has 3 rings (SSSR count). The maximum atomic E-state index is 11.4. The number of anilines is 1. The molecule has 0 radical (unpaired) electrons. The van der Waals surface area contributed by atoms with Crippen LogP contribution in [0.2, 0.25) is 0 Å². The van der Waals surface area contributed by atoms with Crippen molar-refractivity contribution in [1.29, 1.82) is 0 Å². The molecule has 1 aromatic rings. The predicted octanol–water partition coefficient (Wildman–Crippen LogP) is -0.613. The fourth-order valence-corrected chi connectivity index (χ4v) is 2.54. The standard InChI is InChI=1S/C11H15N5O/c1-12-10(17)7-3-14-11(15-4-7)16-6-8-2-9(16)5-13-8/h3-4,8-9,13H,2,5-6H2,1H3,(H,12,17)/t8-,9-/m1/s1. The number of fused-ring (bicyclic) bond motifs is 2. The third kappa shape index (κ3) is 1.74. The lowest BCUT2D eigenvalue weighted by Gasteiger charge is -2.27. The Morgan fingerprint density at radius 1 is 1.53 bits per heavy atom. The normalized spacial score (nSPS) is 26.3. The first-order chi connectivity index (χ1) is 8.28. The van der Waals surface area contributed by atoms with Gasteiger partial charge in [-0.25, -0.2) is 9.97 Å². The zero-order valence-corrected chi connectivity index (χ0v) is 9.68. The molecule has 2 N–H and O–H groups in total. The molecule has 90 valence electrons. The minimum absolute atomic E-state index is 0.152. The van der Waals surface area contributed by atoms with Gasteiger partial charge in [-0.15, -0.1) is 0 Å². The van der Waals surface area contributed by atoms with E-state index in [4.69, 9.17) is 0 Å². The van der Waals surface area contributed by atoms with Crippen molar-refractivity contribution in [3.8, 4) is 0 Å². The van der Waals surface area contributed by atoms with E-state index < -0.39 is 0 Å². The zero-order valence-electron chi connectivity index (χ0n) is 9.68. The van der Waals surface area contributed by atoms with Gasteiger partial charge >= 0.3 is 0 Å². The minimum Gasteiger partial charge on any atom is -0.355 e. The first-order valence-electron chi connectivity index (χ1n) is 5.82. The fraction of sp³-hybridized carbons (Fsp3) is 0.545. The smallest absolute Gasteiger partial charge is 0.254 e. The van der Waals surface area contributed by atoms with Crippen molar-refractivity contribution in [3.63, 3.8) is 0 Å². The zero-order chi connectivity index (χ0) is 11.8. The number of rotatable bonds is 2. The summed E-state index contributed by atoms with van der Waals surface area (Å²) in [5.74, 6) is 0.577. The highest BCUT2D eigenvalue weighted by Gasteiger charge is 2.38. The van der Waals surface area contributed by atoms with E-state index in [2.05, 4.69) is 25.5 Å². The van der Waals surface area contributed by atoms with E-state index in [1.807, 2.05) is 0 Å². The van der Waals surface area contributed by atoms with E-state index >= 15 is 0 Å². The third-order valence-electron chi connectivity index (χ3n) is 3.44. The van der Waals surface area contributed by atoms with Crippen LogP contribution in [0.4, 0.5) is 5.95 Å². The van der Waals surface area contributed by atoms with Gasteiger partial charge in [-0.05, 0) is 6.42 Å². The summed E-state index contributed by atoms with van der Waals surface area (Å²) in [6, 6.07) is 1.08.